The molecule has 3 N–H and O–H groups in total. The number of nitrogens with zero attached hydrogens (tertiary/aromatic N) is 3. The van der Waals surface area contributed by atoms with Crippen molar-refractivity contribution >= 4 is 40.4 Å². The first kappa shape index (κ1) is 32.1. The smallest absolute Gasteiger partial charge is 0.388 e. The van der Waals surface area contributed by atoms with Gasteiger partial charge in [-0.05, 0) is 45.1 Å². The van der Waals surface area contributed by atoms with E-state index >= 15 is 0 Å². The van der Waals surface area contributed by atoms with Crippen LogP contribution in [0.25, 0.3) is 0 Å². The lowest BCUT2D eigenvalue weighted by atomic mass is 10.00. The number of thiocarbonyl (C=S) groups is 1. The first-order chi connectivity index (χ1) is 19.6. The highest BCUT2D eigenvalue weighted by Crippen LogP contribution is 2.39. The number of amides is 2. The fourth-order valence-electron chi connectivity index (χ4n) is 5.55. The van der Waals surface area contributed by atoms with E-state index in [1.807, 2.05) is 5.32 Å². The van der Waals surface area contributed by atoms with Gasteiger partial charge in [-0.2, -0.15) is 26.3 Å². The standard InChI is InChI=1S/C26H31F6N5O4S/c1-3-19(26(30,31)32)36-20-8-16(25(27,28)29)15(9-33-20)22(42)21(24(40)37-13-4-5-14(37)7-6-13)34-12(2)23(39)35-17-10-41-11-18(17)38/h8-9,13-14,17-19,21,38H,3-7,10-11H2,1-2H3,(H,33,36)(H,35,39)/t13?,14?,17-,18-,19+,21?/m1/s1. The van der Waals surface area contributed by atoms with E-state index in [0.29, 0.717) is 37.9 Å². The highest BCUT2D eigenvalue weighted by Gasteiger charge is 2.46. The average Bonchev–Trinajstić information content (AvgIpc) is 3.64. The maximum Gasteiger partial charge on any atom is 0.417 e. The van der Waals surface area contributed by atoms with Gasteiger partial charge in [0.15, 0.2) is 6.04 Å². The second-order valence-corrected chi connectivity index (χ2v) is 11.1. The Balaban J connectivity index is 1.70. The van der Waals surface area contributed by atoms with Crippen molar-refractivity contribution in [3.05, 3.63) is 23.4 Å². The molecule has 0 saturated carbocycles. The summed E-state index contributed by atoms with van der Waals surface area (Å²) in [4.78, 5) is 35.6. The minimum absolute atomic E-state index is 0.00408. The van der Waals surface area contributed by atoms with Gasteiger partial charge in [0.05, 0.1) is 41.5 Å². The fourth-order valence-corrected chi connectivity index (χ4v) is 5.87. The Morgan fingerprint density at radius 1 is 1.17 bits per heavy atom. The minimum atomic E-state index is -5.08. The second kappa shape index (κ2) is 12.4. The molecule has 9 nitrogen and oxygen atoms in total. The predicted octanol–water partition coefficient (Wildman–Crippen LogP) is 3.43. The summed E-state index contributed by atoms with van der Waals surface area (Å²) in [5.41, 5.74) is -2.37. The lowest BCUT2D eigenvalue weighted by Gasteiger charge is -2.27. The van der Waals surface area contributed by atoms with Crippen molar-refractivity contribution in [2.24, 2.45) is 4.99 Å². The van der Waals surface area contributed by atoms with Crippen molar-refractivity contribution in [1.29, 1.82) is 0 Å². The van der Waals surface area contributed by atoms with Crippen molar-refractivity contribution in [2.75, 3.05) is 18.5 Å². The van der Waals surface area contributed by atoms with Gasteiger partial charge in [-0.25, -0.2) is 4.98 Å². The number of ether oxygens (including phenoxy) is 1. The molecular weight excluding hydrogens is 592 g/mol. The van der Waals surface area contributed by atoms with Crippen molar-refractivity contribution < 1.29 is 45.8 Å². The highest BCUT2D eigenvalue weighted by atomic mass is 32.1. The van der Waals surface area contributed by atoms with Gasteiger partial charge in [0.2, 0.25) is 0 Å². The van der Waals surface area contributed by atoms with Crippen LogP contribution in [-0.4, -0.2) is 93.1 Å². The highest BCUT2D eigenvalue weighted by molar-refractivity contribution is 7.81. The number of nitrogens with one attached hydrogen (secondary N) is 2. The number of fused-ring (bicyclic) bond motifs is 2. The second-order valence-electron chi connectivity index (χ2n) is 10.6. The molecule has 0 aromatic carbocycles. The number of aliphatic hydroxyl groups excluding tert-OH is 1. The van der Waals surface area contributed by atoms with Gasteiger partial charge in [0.25, 0.3) is 11.8 Å². The van der Waals surface area contributed by atoms with Crippen molar-refractivity contribution in [3.8, 4) is 0 Å². The molecule has 3 aliphatic heterocycles. The van der Waals surface area contributed by atoms with Gasteiger partial charge in [0.1, 0.15) is 11.9 Å². The third-order valence-electron chi connectivity index (χ3n) is 7.81. The quantitative estimate of drug-likeness (QED) is 0.167. The Hall–Kier alpha value is -2.85. The molecular formula is C26H31F6N5O4S. The summed E-state index contributed by atoms with van der Waals surface area (Å²) in [7, 11) is 0. The van der Waals surface area contributed by atoms with E-state index in [1.54, 1.807) is 4.90 Å². The van der Waals surface area contributed by atoms with Crippen LogP contribution in [0.15, 0.2) is 17.3 Å². The summed E-state index contributed by atoms with van der Waals surface area (Å²) >= 11 is 5.40. The molecule has 4 rings (SSSR count). The fraction of sp³-hybridized carbons (Fsp3) is 0.654. The Kier molecular flexibility index (Phi) is 9.47. The molecule has 2 amide bonds. The summed E-state index contributed by atoms with van der Waals surface area (Å²) in [6, 6.07) is -4.45. The number of aliphatic hydroxyl groups is 1. The van der Waals surface area contributed by atoms with Crippen molar-refractivity contribution in [2.45, 2.75) is 94.6 Å². The first-order valence-corrected chi connectivity index (χ1v) is 13.9. The number of aliphatic imine (C=N–C) groups is 1. The maximum atomic E-state index is 14.2. The van der Waals surface area contributed by atoms with Crippen LogP contribution in [0.5, 0.6) is 0 Å². The van der Waals surface area contributed by atoms with Gasteiger partial charge < -0.3 is 25.4 Å². The molecule has 0 radical (unpaired) electrons. The van der Waals surface area contributed by atoms with Crippen LogP contribution in [0.1, 0.15) is 57.1 Å². The zero-order valence-corrected chi connectivity index (χ0v) is 23.6. The van der Waals surface area contributed by atoms with Gasteiger partial charge in [-0.1, -0.05) is 19.1 Å². The number of carbonyl (C=O) groups is 2. The number of alkyl halides is 6. The normalized spacial score (nSPS) is 25.8. The summed E-state index contributed by atoms with van der Waals surface area (Å²) < 4.78 is 87.5. The van der Waals surface area contributed by atoms with Gasteiger partial charge in [0, 0.05) is 23.8 Å². The number of hydrogen-bond donors (Lipinski definition) is 3. The topological polar surface area (TPSA) is 116 Å². The van der Waals surface area contributed by atoms with E-state index < -0.39 is 76.6 Å². The number of pyridine rings is 1. The Morgan fingerprint density at radius 3 is 2.29 bits per heavy atom. The Bertz CT molecular complexity index is 1220. The lowest BCUT2D eigenvalue weighted by molar-refractivity contribution is -0.143. The van der Waals surface area contributed by atoms with Crippen molar-refractivity contribution in [1.82, 2.24) is 15.2 Å². The molecule has 1 aromatic heterocycles. The van der Waals surface area contributed by atoms with E-state index in [1.165, 1.54) is 13.8 Å². The SMILES string of the molecule is CC[C@H](Nc1cc(C(F)(F)F)c(C(=S)C(N=C(C)C(=O)N[C@@H]2COC[C@H]2O)C(=O)N2C3CCC2CC3)cn1)C(F)(F)F. The number of aromatic nitrogens is 1. The van der Waals surface area contributed by atoms with E-state index in [2.05, 4.69) is 15.3 Å². The van der Waals surface area contributed by atoms with E-state index in [0.717, 1.165) is 0 Å². The molecule has 1 unspecified atom stereocenters. The van der Waals surface area contributed by atoms with Gasteiger partial charge >= 0.3 is 12.4 Å². The Labute approximate surface area is 243 Å². The largest absolute Gasteiger partial charge is 0.417 e. The minimum Gasteiger partial charge on any atom is -0.388 e. The molecule has 4 heterocycles. The van der Waals surface area contributed by atoms with Crippen LogP contribution in [0.4, 0.5) is 32.2 Å². The van der Waals surface area contributed by atoms with E-state index in [9.17, 15) is 41.0 Å². The van der Waals surface area contributed by atoms with Crippen LogP contribution < -0.4 is 10.6 Å². The Morgan fingerprint density at radius 2 is 1.79 bits per heavy atom. The third-order valence-corrected chi connectivity index (χ3v) is 8.25. The average molecular weight is 624 g/mol. The van der Waals surface area contributed by atoms with Gasteiger partial charge in [-0.15, -0.1) is 0 Å². The number of carbonyl (C=O) groups excluding carboxylic acids is 2. The summed E-state index contributed by atoms with van der Waals surface area (Å²) in [6.45, 7) is 2.52. The van der Waals surface area contributed by atoms with Gasteiger partial charge in [-0.3, -0.25) is 14.6 Å². The maximum absolute atomic E-state index is 14.2. The number of hydrogen-bond acceptors (Lipinski definition) is 8. The molecule has 0 aliphatic carbocycles. The number of anilines is 1. The molecule has 3 fully saturated rings. The first-order valence-electron chi connectivity index (χ1n) is 13.5. The molecule has 16 heteroatoms. The molecule has 42 heavy (non-hydrogen) atoms. The van der Waals surface area contributed by atoms with E-state index in [4.69, 9.17) is 17.0 Å². The number of halogens is 6. The van der Waals surface area contributed by atoms with Crippen molar-refractivity contribution in [3.63, 3.8) is 0 Å². The monoisotopic (exact) mass is 623 g/mol. The molecule has 3 saturated heterocycles. The zero-order chi connectivity index (χ0) is 31.0. The third kappa shape index (κ3) is 6.86. The molecule has 4 atom stereocenters. The van der Waals surface area contributed by atoms with Crippen LogP contribution in [-0.2, 0) is 20.5 Å². The molecule has 3 aliphatic rings. The lowest BCUT2D eigenvalue weighted by Crippen LogP contribution is -2.47. The zero-order valence-electron chi connectivity index (χ0n) is 22.8. The van der Waals surface area contributed by atoms with E-state index in [-0.39, 0.29) is 31.0 Å². The predicted molar refractivity (Wildman–Crippen MR) is 143 cm³/mol. The van der Waals surface area contributed by atoms with Crippen LogP contribution in [0, 0.1) is 0 Å². The van der Waals surface area contributed by atoms with Crippen LogP contribution in [0.3, 0.4) is 0 Å². The number of rotatable bonds is 9. The summed E-state index contributed by atoms with van der Waals surface area (Å²) in [5, 5.41) is 14.4. The molecule has 2 bridgehead atoms. The molecule has 232 valence electrons. The summed E-state index contributed by atoms with van der Waals surface area (Å²) in [5.74, 6) is -2.12. The van der Waals surface area contributed by atoms with Crippen LogP contribution >= 0.6 is 12.2 Å². The molecule has 0 spiro atoms. The molecule has 1 aromatic rings. The summed E-state index contributed by atoms with van der Waals surface area (Å²) in [6.07, 6.45) is -7.71. The van der Waals surface area contributed by atoms with Crippen LogP contribution in [0.2, 0.25) is 0 Å².